The predicted molar refractivity (Wildman–Crippen MR) is 108 cm³/mol. The summed E-state index contributed by atoms with van der Waals surface area (Å²) in [5, 5.41) is 9.79. The molecule has 1 aliphatic rings. The first kappa shape index (κ1) is 18.6. The molecule has 2 heterocycles. The van der Waals surface area contributed by atoms with E-state index in [2.05, 4.69) is 15.5 Å². The normalized spacial score (nSPS) is 18.9. The van der Waals surface area contributed by atoms with Crippen molar-refractivity contribution in [1.29, 1.82) is 0 Å². The van der Waals surface area contributed by atoms with Gasteiger partial charge in [0.2, 0.25) is 5.91 Å². The summed E-state index contributed by atoms with van der Waals surface area (Å²) in [6.45, 7) is 4.17. The van der Waals surface area contributed by atoms with Gasteiger partial charge in [0.1, 0.15) is 18.2 Å². The average Bonchev–Trinajstić information content (AvgIpc) is 2.99. The Hall–Kier alpha value is -2.80. The van der Waals surface area contributed by atoms with Gasteiger partial charge in [0.25, 0.3) is 0 Å². The third-order valence-electron chi connectivity index (χ3n) is 4.72. The lowest BCUT2D eigenvalue weighted by Gasteiger charge is -2.21. The lowest BCUT2D eigenvalue weighted by molar-refractivity contribution is -0.115. The molecule has 0 saturated heterocycles. The molecule has 1 amide bonds. The summed E-state index contributed by atoms with van der Waals surface area (Å²) in [5.74, 6) is 0.966. The number of carbonyl (C=O) groups is 1. The number of rotatable bonds is 4. The highest BCUT2D eigenvalue weighted by Crippen LogP contribution is 2.47. The summed E-state index contributed by atoms with van der Waals surface area (Å²) in [6, 6.07) is 14.1. The summed E-state index contributed by atoms with van der Waals surface area (Å²) >= 11 is 1.57. The fourth-order valence-electron chi connectivity index (χ4n) is 3.21. The first-order valence-corrected chi connectivity index (χ1v) is 9.94. The van der Waals surface area contributed by atoms with Crippen LogP contribution in [0.1, 0.15) is 34.6 Å². The van der Waals surface area contributed by atoms with Crippen molar-refractivity contribution in [2.45, 2.75) is 31.0 Å². The van der Waals surface area contributed by atoms with Crippen molar-refractivity contribution >= 4 is 23.5 Å². The summed E-state index contributed by atoms with van der Waals surface area (Å²) in [5.41, 5.74) is 3.73. The van der Waals surface area contributed by atoms with E-state index in [1.165, 1.54) is 12.1 Å². The average molecular weight is 397 g/mol. The highest BCUT2D eigenvalue weighted by Gasteiger charge is 2.33. The molecule has 7 heteroatoms. The van der Waals surface area contributed by atoms with E-state index in [0.29, 0.717) is 12.4 Å². The Morgan fingerprint density at radius 2 is 1.93 bits per heavy atom. The number of thioether (sulfide) groups is 1. The maximum atomic E-state index is 13.1. The van der Waals surface area contributed by atoms with Crippen LogP contribution in [-0.2, 0) is 11.4 Å². The summed E-state index contributed by atoms with van der Waals surface area (Å²) in [6.07, 6.45) is 0. The summed E-state index contributed by atoms with van der Waals surface area (Å²) < 4.78 is 19.2. The van der Waals surface area contributed by atoms with Crippen molar-refractivity contribution < 1.29 is 13.9 Å². The van der Waals surface area contributed by atoms with Crippen molar-refractivity contribution in [3.63, 3.8) is 0 Å². The molecule has 2 aromatic carbocycles. The third kappa shape index (κ3) is 3.62. The molecule has 0 aliphatic carbocycles. The standard InChI is InChI=1S/C21H20FN3O2S/c1-12-18-19(28-13(2)21(26)23-20(18)25-24-12)16-5-3-4-6-17(16)27-11-14-7-9-15(22)10-8-14/h3-10,13,19H,11H2,1-2H3,(H2,23,24,25,26). The molecule has 28 heavy (non-hydrogen) atoms. The Morgan fingerprint density at radius 1 is 1.18 bits per heavy atom. The SMILES string of the molecule is Cc1[nH]nc2c1C(c1ccccc1OCc1ccc(F)cc1)SC(C)C(=O)N2. The highest BCUT2D eigenvalue weighted by atomic mass is 32.2. The highest BCUT2D eigenvalue weighted by molar-refractivity contribution is 8.01. The number of H-pyrrole nitrogens is 1. The van der Waals surface area contributed by atoms with Crippen molar-refractivity contribution in [3.05, 3.63) is 76.7 Å². The molecule has 0 radical (unpaired) electrons. The number of anilines is 1. The number of benzene rings is 2. The maximum absolute atomic E-state index is 13.1. The van der Waals surface area contributed by atoms with Crippen molar-refractivity contribution in [2.24, 2.45) is 0 Å². The number of hydrogen-bond acceptors (Lipinski definition) is 4. The molecule has 1 aromatic heterocycles. The minimum atomic E-state index is -0.270. The van der Waals surface area contributed by atoms with Crippen LogP contribution in [-0.4, -0.2) is 21.4 Å². The number of hydrogen-bond donors (Lipinski definition) is 2. The van der Waals surface area contributed by atoms with E-state index in [9.17, 15) is 9.18 Å². The number of amides is 1. The molecule has 2 unspecified atom stereocenters. The lowest BCUT2D eigenvalue weighted by Crippen LogP contribution is -2.21. The van der Waals surface area contributed by atoms with Gasteiger partial charge in [-0.2, -0.15) is 5.10 Å². The monoisotopic (exact) mass is 397 g/mol. The molecule has 0 fully saturated rings. The number of nitrogens with one attached hydrogen (secondary N) is 2. The van der Waals surface area contributed by atoms with Crippen LogP contribution in [0.25, 0.3) is 0 Å². The molecular formula is C21H20FN3O2S. The maximum Gasteiger partial charge on any atom is 0.238 e. The van der Waals surface area contributed by atoms with Gasteiger partial charge in [-0.3, -0.25) is 9.89 Å². The van der Waals surface area contributed by atoms with Gasteiger partial charge in [0.15, 0.2) is 5.82 Å². The fourth-order valence-corrected chi connectivity index (χ4v) is 4.56. The van der Waals surface area contributed by atoms with Crippen LogP contribution >= 0.6 is 11.8 Å². The van der Waals surface area contributed by atoms with E-state index in [1.54, 1.807) is 23.9 Å². The summed E-state index contributed by atoms with van der Waals surface area (Å²) in [4.78, 5) is 12.3. The van der Waals surface area contributed by atoms with Crippen molar-refractivity contribution in [3.8, 4) is 5.75 Å². The Balaban J connectivity index is 1.68. The van der Waals surface area contributed by atoms with E-state index in [-0.39, 0.29) is 22.2 Å². The van der Waals surface area contributed by atoms with Gasteiger partial charge >= 0.3 is 0 Å². The number of halogens is 1. The molecule has 0 spiro atoms. The van der Waals surface area contributed by atoms with Gasteiger partial charge in [-0.1, -0.05) is 30.3 Å². The largest absolute Gasteiger partial charge is 0.489 e. The van der Waals surface area contributed by atoms with E-state index in [0.717, 1.165) is 28.1 Å². The zero-order valence-corrected chi connectivity index (χ0v) is 16.3. The van der Waals surface area contributed by atoms with Crippen molar-refractivity contribution in [2.75, 3.05) is 5.32 Å². The van der Waals surface area contributed by atoms with Gasteiger partial charge in [0.05, 0.1) is 10.5 Å². The minimum absolute atomic E-state index is 0.0649. The molecule has 3 aromatic rings. The topological polar surface area (TPSA) is 67.0 Å². The van der Waals surface area contributed by atoms with Crippen LogP contribution in [0.3, 0.4) is 0 Å². The zero-order valence-electron chi connectivity index (χ0n) is 15.5. The Labute approximate surface area is 166 Å². The number of aryl methyl sites for hydroxylation is 1. The van der Waals surface area contributed by atoms with Crippen LogP contribution in [0, 0.1) is 12.7 Å². The van der Waals surface area contributed by atoms with Gasteiger partial charge in [0, 0.05) is 16.8 Å². The van der Waals surface area contributed by atoms with Crippen molar-refractivity contribution in [1.82, 2.24) is 10.2 Å². The fraction of sp³-hybridized carbons (Fsp3) is 0.238. The number of aromatic amines is 1. The predicted octanol–water partition coefficient (Wildman–Crippen LogP) is 4.60. The number of nitrogens with zero attached hydrogens (tertiary/aromatic N) is 1. The zero-order chi connectivity index (χ0) is 19.7. The molecule has 2 atom stereocenters. The van der Waals surface area contributed by atoms with Crippen LogP contribution in [0.4, 0.5) is 10.2 Å². The third-order valence-corrected chi connectivity index (χ3v) is 6.10. The summed E-state index contributed by atoms with van der Waals surface area (Å²) in [7, 11) is 0. The molecule has 0 saturated carbocycles. The van der Waals surface area contributed by atoms with Crippen LogP contribution in [0.2, 0.25) is 0 Å². The van der Waals surface area contributed by atoms with E-state index < -0.39 is 0 Å². The van der Waals surface area contributed by atoms with Crippen LogP contribution < -0.4 is 10.1 Å². The molecule has 5 nitrogen and oxygen atoms in total. The minimum Gasteiger partial charge on any atom is -0.489 e. The molecule has 4 rings (SSSR count). The van der Waals surface area contributed by atoms with E-state index in [4.69, 9.17) is 4.74 Å². The quantitative estimate of drug-likeness (QED) is 0.675. The van der Waals surface area contributed by atoms with E-state index >= 15 is 0 Å². The van der Waals surface area contributed by atoms with Gasteiger partial charge in [-0.05, 0) is 37.6 Å². The smallest absolute Gasteiger partial charge is 0.238 e. The van der Waals surface area contributed by atoms with E-state index in [1.807, 2.05) is 38.1 Å². The van der Waals surface area contributed by atoms with Gasteiger partial charge in [-0.25, -0.2) is 4.39 Å². The Morgan fingerprint density at radius 3 is 2.71 bits per heavy atom. The number of fused-ring (bicyclic) bond motifs is 1. The number of carbonyl (C=O) groups excluding carboxylic acids is 1. The van der Waals surface area contributed by atoms with Gasteiger partial charge < -0.3 is 10.1 Å². The van der Waals surface area contributed by atoms with Gasteiger partial charge in [-0.15, -0.1) is 11.8 Å². The molecule has 1 aliphatic heterocycles. The molecule has 0 bridgehead atoms. The Bertz CT molecular complexity index is 1000. The number of para-hydroxylation sites is 1. The second kappa shape index (κ2) is 7.67. The molecular weight excluding hydrogens is 377 g/mol. The second-order valence-corrected chi connectivity index (χ2v) is 8.16. The van der Waals surface area contributed by atoms with Crippen LogP contribution in [0.15, 0.2) is 48.5 Å². The van der Waals surface area contributed by atoms with Crippen LogP contribution in [0.5, 0.6) is 5.75 Å². The first-order valence-electron chi connectivity index (χ1n) is 9.00. The molecule has 2 N–H and O–H groups in total. The number of aromatic nitrogens is 2. The molecule has 144 valence electrons. The Kier molecular flexibility index (Phi) is 5.09. The first-order chi connectivity index (χ1) is 13.5. The number of ether oxygens (including phenoxy) is 1. The lowest BCUT2D eigenvalue weighted by atomic mass is 10.0. The second-order valence-electron chi connectivity index (χ2n) is 6.71.